The van der Waals surface area contributed by atoms with E-state index in [-0.39, 0.29) is 39.1 Å². The highest BCUT2D eigenvalue weighted by molar-refractivity contribution is 7.92. The lowest BCUT2D eigenvalue weighted by Crippen LogP contribution is -2.52. The van der Waals surface area contributed by atoms with Gasteiger partial charge in [-0.25, -0.2) is 8.42 Å². The van der Waals surface area contributed by atoms with Crippen molar-refractivity contribution in [3.8, 4) is 5.75 Å². The Morgan fingerprint density at radius 1 is 1.02 bits per heavy atom. The van der Waals surface area contributed by atoms with Crippen LogP contribution in [0, 0.1) is 6.92 Å². The summed E-state index contributed by atoms with van der Waals surface area (Å²) in [6.45, 7) is 2.94. The average molecular weight is 633 g/mol. The van der Waals surface area contributed by atoms with E-state index >= 15 is 0 Å². The molecule has 42 heavy (non-hydrogen) atoms. The van der Waals surface area contributed by atoms with Crippen LogP contribution in [0.4, 0.5) is 5.69 Å². The first-order valence-electron chi connectivity index (χ1n) is 13.8. The topological polar surface area (TPSA) is 96.0 Å². The van der Waals surface area contributed by atoms with E-state index < -0.39 is 28.5 Å². The zero-order valence-corrected chi connectivity index (χ0v) is 26.2. The number of carbonyl (C=O) groups is 2. The Bertz CT molecular complexity index is 1530. The number of hydrogen-bond acceptors (Lipinski definition) is 5. The number of halogens is 2. The highest BCUT2D eigenvalue weighted by Crippen LogP contribution is 2.35. The van der Waals surface area contributed by atoms with E-state index in [9.17, 15) is 18.0 Å². The number of anilines is 1. The molecule has 1 fully saturated rings. The van der Waals surface area contributed by atoms with Gasteiger partial charge in [0, 0.05) is 12.6 Å². The first kappa shape index (κ1) is 31.7. The van der Waals surface area contributed by atoms with E-state index in [1.165, 1.54) is 29.2 Å². The molecule has 0 heterocycles. The first-order chi connectivity index (χ1) is 20.0. The molecule has 1 atom stereocenters. The number of rotatable bonds is 11. The minimum absolute atomic E-state index is 0.00553. The summed E-state index contributed by atoms with van der Waals surface area (Å²) >= 11 is 12.8. The summed E-state index contributed by atoms with van der Waals surface area (Å²) in [4.78, 5) is 28.9. The summed E-state index contributed by atoms with van der Waals surface area (Å²) in [5.41, 5.74) is 1.66. The summed E-state index contributed by atoms with van der Waals surface area (Å²) in [5.74, 6) is -0.289. The molecule has 8 nitrogen and oxygen atoms in total. The molecule has 3 aromatic carbocycles. The minimum atomic E-state index is -4.26. The summed E-state index contributed by atoms with van der Waals surface area (Å²) in [6.07, 6.45) is 3.85. The summed E-state index contributed by atoms with van der Waals surface area (Å²) < 4.78 is 34.3. The lowest BCUT2D eigenvalue weighted by molar-refractivity contribution is -0.139. The normalized spacial score (nSPS) is 14.3. The Labute approximate surface area is 257 Å². The SMILES string of the molecule is COc1cccc(CN(C(=O)CN(c2cccc(Cl)c2Cl)S(=O)(=O)c2ccc(C)cc2)C(C)C(=O)NC2CCCC2)c1. The number of carbonyl (C=O) groups excluding carboxylic acids is 2. The van der Waals surface area contributed by atoms with Crippen molar-refractivity contribution in [1.82, 2.24) is 10.2 Å². The van der Waals surface area contributed by atoms with E-state index in [1.807, 2.05) is 13.0 Å². The minimum Gasteiger partial charge on any atom is -0.497 e. The fourth-order valence-electron chi connectivity index (χ4n) is 4.98. The number of hydrogen-bond donors (Lipinski definition) is 1. The van der Waals surface area contributed by atoms with Crippen LogP contribution < -0.4 is 14.4 Å². The van der Waals surface area contributed by atoms with Crippen molar-refractivity contribution in [1.29, 1.82) is 0 Å². The maximum absolute atomic E-state index is 14.1. The van der Waals surface area contributed by atoms with Crippen LogP contribution in [0.2, 0.25) is 10.0 Å². The molecule has 0 aromatic heterocycles. The van der Waals surface area contributed by atoms with Crippen LogP contribution >= 0.6 is 23.2 Å². The molecule has 1 aliphatic carbocycles. The van der Waals surface area contributed by atoms with Crippen molar-refractivity contribution in [2.24, 2.45) is 0 Å². The number of methoxy groups -OCH3 is 1. The highest BCUT2D eigenvalue weighted by Gasteiger charge is 2.34. The number of nitrogens with zero attached hydrogens (tertiary/aromatic N) is 2. The standard InChI is InChI=1S/C31H35Cl2N3O5S/c1-21-14-16-26(17-15-21)42(39,40)36(28-13-7-12-27(32)30(28)33)20-29(37)35(19-23-8-6-11-25(18-23)41-3)22(2)31(38)34-24-9-4-5-10-24/h6-8,11-18,22,24H,4-5,9-10,19-20H2,1-3H3,(H,34,38). The van der Waals surface area contributed by atoms with Crippen LogP contribution in [-0.2, 0) is 26.2 Å². The van der Waals surface area contributed by atoms with Crippen LogP contribution in [0.1, 0.15) is 43.7 Å². The second-order valence-electron chi connectivity index (χ2n) is 10.4. The van der Waals surface area contributed by atoms with E-state index in [2.05, 4.69) is 5.32 Å². The number of sulfonamides is 1. The lowest BCUT2D eigenvalue weighted by Gasteiger charge is -2.33. The van der Waals surface area contributed by atoms with E-state index in [0.717, 1.165) is 41.1 Å². The Hall–Kier alpha value is -3.27. The summed E-state index contributed by atoms with van der Waals surface area (Å²) in [5, 5.41) is 3.19. The Kier molecular flexibility index (Phi) is 10.4. The van der Waals surface area contributed by atoms with Gasteiger partial charge in [0.15, 0.2) is 0 Å². The van der Waals surface area contributed by atoms with Crippen molar-refractivity contribution in [2.75, 3.05) is 18.0 Å². The monoisotopic (exact) mass is 631 g/mol. The molecular weight excluding hydrogens is 597 g/mol. The Balaban J connectivity index is 1.72. The van der Waals surface area contributed by atoms with Gasteiger partial charge in [-0.3, -0.25) is 13.9 Å². The van der Waals surface area contributed by atoms with Gasteiger partial charge in [-0.15, -0.1) is 0 Å². The van der Waals surface area contributed by atoms with Crippen molar-refractivity contribution in [2.45, 2.75) is 63.1 Å². The molecule has 1 aliphatic rings. The molecule has 0 bridgehead atoms. The molecule has 0 radical (unpaired) electrons. The molecule has 0 spiro atoms. The first-order valence-corrected chi connectivity index (χ1v) is 16.0. The van der Waals surface area contributed by atoms with E-state index in [1.54, 1.807) is 50.4 Å². The van der Waals surface area contributed by atoms with Crippen molar-refractivity contribution >= 4 is 50.7 Å². The van der Waals surface area contributed by atoms with E-state index in [0.29, 0.717) is 5.75 Å². The summed E-state index contributed by atoms with van der Waals surface area (Å²) in [7, 11) is -2.72. The third-order valence-corrected chi connectivity index (χ3v) is 10.0. The van der Waals surface area contributed by atoms with Gasteiger partial charge in [-0.1, -0.05) is 71.9 Å². The third kappa shape index (κ3) is 7.38. The van der Waals surface area contributed by atoms with Crippen molar-refractivity contribution < 1.29 is 22.7 Å². The van der Waals surface area contributed by atoms with Gasteiger partial charge in [0.05, 0.1) is 27.7 Å². The van der Waals surface area contributed by atoms with Gasteiger partial charge in [0.25, 0.3) is 10.0 Å². The number of amides is 2. The molecule has 2 amide bonds. The summed E-state index contributed by atoms with van der Waals surface area (Å²) in [6, 6.07) is 17.2. The Morgan fingerprint density at radius 2 is 1.69 bits per heavy atom. The molecule has 0 saturated heterocycles. The molecule has 4 rings (SSSR count). The van der Waals surface area contributed by atoms with Crippen LogP contribution in [-0.4, -0.2) is 50.9 Å². The maximum Gasteiger partial charge on any atom is 0.264 e. The predicted molar refractivity (Wildman–Crippen MR) is 166 cm³/mol. The molecule has 0 aliphatic heterocycles. The van der Waals surface area contributed by atoms with Crippen molar-refractivity contribution in [3.05, 3.63) is 87.9 Å². The van der Waals surface area contributed by atoms with Crippen LogP contribution in [0.3, 0.4) is 0 Å². The van der Waals surface area contributed by atoms with Crippen LogP contribution in [0.25, 0.3) is 0 Å². The zero-order chi connectivity index (χ0) is 30.4. The van der Waals surface area contributed by atoms with Gasteiger partial charge >= 0.3 is 0 Å². The molecule has 1 unspecified atom stereocenters. The van der Waals surface area contributed by atoms with Gasteiger partial charge < -0.3 is 15.0 Å². The van der Waals surface area contributed by atoms with Gasteiger partial charge in [0.1, 0.15) is 18.3 Å². The van der Waals surface area contributed by atoms with Crippen LogP contribution in [0.15, 0.2) is 71.6 Å². The van der Waals surface area contributed by atoms with Crippen molar-refractivity contribution in [3.63, 3.8) is 0 Å². The molecule has 1 saturated carbocycles. The Morgan fingerprint density at radius 3 is 2.36 bits per heavy atom. The van der Waals surface area contributed by atoms with Crippen LogP contribution in [0.5, 0.6) is 5.75 Å². The van der Waals surface area contributed by atoms with Gasteiger partial charge in [0.2, 0.25) is 11.8 Å². The average Bonchev–Trinajstić information content (AvgIpc) is 3.49. The number of nitrogens with one attached hydrogen (secondary N) is 1. The number of aryl methyl sites for hydroxylation is 1. The zero-order valence-electron chi connectivity index (χ0n) is 23.8. The molecule has 3 aromatic rings. The fourth-order valence-corrected chi connectivity index (χ4v) is 6.85. The lowest BCUT2D eigenvalue weighted by atomic mass is 10.1. The van der Waals surface area contributed by atoms with E-state index in [4.69, 9.17) is 27.9 Å². The number of ether oxygens (including phenoxy) is 1. The quantitative estimate of drug-likeness (QED) is 0.281. The largest absolute Gasteiger partial charge is 0.497 e. The third-order valence-electron chi connectivity index (χ3n) is 7.44. The van der Waals surface area contributed by atoms with Gasteiger partial charge in [-0.05, 0) is 68.7 Å². The van der Waals surface area contributed by atoms with Gasteiger partial charge in [-0.2, -0.15) is 0 Å². The number of benzene rings is 3. The highest BCUT2D eigenvalue weighted by atomic mass is 35.5. The second kappa shape index (κ2) is 13.8. The maximum atomic E-state index is 14.1. The molecular formula is C31H35Cl2N3O5S. The molecule has 1 N–H and O–H groups in total. The fraction of sp³-hybridized carbons (Fsp3) is 0.355. The predicted octanol–water partition coefficient (Wildman–Crippen LogP) is 5.98. The second-order valence-corrected chi connectivity index (χ2v) is 13.1. The smallest absolute Gasteiger partial charge is 0.264 e. The molecule has 224 valence electrons. The molecule has 11 heteroatoms.